The molecule has 5 heteroatoms. The molecule has 0 aliphatic carbocycles. The lowest BCUT2D eigenvalue weighted by molar-refractivity contribution is -0.118. The van der Waals surface area contributed by atoms with Gasteiger partial charge < -0.3 is 10.6 Å². The molecular weight excluding hydrogens is 320 g/mol. The predicted octanol–water partition coefficient (Wildman–Crippen LogP) is 3.41. The summed E-state index contributed by atoms with van der Waals surface area (Å²) >= 11 is 1.70. The maximum atomic E-state index is 12.5. The van der Waals surface area contributed by atoms with Gasteiger partial charge in [0.2, 0.25) is 5.91 Å². The molecule has 0 radical (unpaired) electrons. The normalized spacial score (nSPS) is 11.8. The Morgan fingerprint density at radius 3 is 2.33 bits per heavy atom. The summed E-state index contributed by atoms with van der Waals surface area (Å²) in [5.74, 6) is -0.528. The standard InChI is InChI=1S/C19H22N2O2S/c1-13(12-18(20)22)21(2)19(23)15-10-8-14(9-11-15)16-6-4-5-7-17(16)24-3/h4-11,13H,12H2,1-3H3,(H2,20,22)/t13-/m0/s1. The molecule has 2 amide bonds. The molecule has 0 saturated carbocycles. The second kappa shape index (κ2) is 8.02. The third-order valence-corrected chi connectivity index (χ3v) is 4.82. The van der Waals surface area contributed by atoms with E-state index in [1.54, 1.807) is 23.7 Å². The van der Waals surface area contributed by atoms with E-state index < -0.39 is 5.91 Å². The van der Waals surface area contributed by atoms with Crippen LogP contribution in [0.5, 0.6) is 0 Å². The molecule has 4 nitrogen and oxygen atoms in total. The van der Waals surface area contributed by atoms with Crippen LogP contribution in [0.15, 0.2) is 53.4 Å². The van der Waals surface area contributed by atoms with Gasteiger partial charge in [0, 0.05) is 30.0 Å². The highest BCUT2D eigenvalue weighted by atomic mass is 32.2. The van der Waals surface area contributed by atoms with Gasteiger partial charge in [-0.3, -0.25) is 9.59 Å². The number of carbonyl (C=O) groups excluding carboxylic acids is 2. The van der Waals surface area contributed by atoms with Crippen molar-refractivity contribution in [1.82, 2.24) is 4.90 Å². The highest BCUT2D eigenvalue weighted by Gasteiger charge is 2.19. The fourth-order valence-electron chi connectivity index (χ4n) is 2.51. The Labute approximate surface area is 147 Å². The Morgan fingerprint density at radius 1 is 1.12 bits per heavy atom. The van der Waals surface area contributed by atoms with Gasteiger partial charge in [0.05, 0.1) is 0 Å². The first-order valence-electron chi connectivity index (χ1n) is 7.73. The number of primary amides is 1. The number of nitrogens with two attached hydrogens (primary N) is 1. The lowest BCUT2D eigenvalue weighted by Crippen LogP contribution is -2.37. The zero-order chi connectivity index (χ0) is 17.7. The molecule has 0 saturated heterocycles. The summed E-state index contributed by atoms with van der Waals surface area (Å²) in [7, 11) is 1.69. The summed E-state index contributed by atoms with van der Waals surface area (Å²) in [6.45, 7) is 1.81. The zero-order valence-corrected chi connectivity index (χ0v) is 15.0. The van der Waals surface area contributed by atoms with Crippen molar-refractivity contribution in [1.29, 1.82) is 0 Å². The monoisotopic (exact) mass is 342 g/mol. The van der Waals surface area contributed by atoms with Gasteiger partial charge in [-0.15, -0.1) is 11.8 Å². The molecule has 24 heavy (non-hydrogen) atoms. The zero-order valence-electron chi connectivity index (χ0n) is 14.2. The summed E-state index contributed by atoms with van der Waals surface area (Å²) in [6.07, 6.45) is 2.20. The number of benzene rings is 2. The summed E-state index contributed by atoms with van der Waals surface area (Å²) < 4.78 is 0. The van der Waals surface area contributed by atoms with E-state index in [0.29, 0.717) is 5.56 Å². The van der Waals surface area contributed by atoms with Gasteiger partial charge in [-0.2, -0.15) is 0 Å². The number of thioether (sulfide) groups is 1. The van der Waals surface area contributed by atoms with Crippen LogP contribution < -0.4 is 5.73 Å². The van der Waals surface area contributed by atoms with Crippen molar-refractivity contribution in [3.05, 3.63) is 54.1 Å². The van der Waals surface area contributed by atoms with Crippen LogP contribution in [-0.2, 0) is 4.79 Å². The van der Waals surface area contributed by atoms with Crippen molar-refractivity contribution < 1.29 is 9.59 Å². The maximum absolute atomic E-state index is 12.5. The molecule has 0 heterocycles. The highest BCUT2D eigenvalue weighted by Crippen LogP contribution is 2.30. The van der Waals surface area contributed by atoms with Gasteiger partial charge in [-0.25, -0.2) is 0 Å². The first kappa shape index (κ1) is 18.1. The van der Waals surface area contributed by atoms with Crippen LogP contribution in [0.2, 0.25) is 0 Å². The number of nitrogens with zero attached hydrogens (tertiary/aromatic N) is 1. The van der Waals surface area contributed by atoms with Gasteiger partial charge in [0.25, 0.3) is 5.91 Å². The van der Waals surface area contributed by atoms with Crippen LogP contribution in [0, 0.1) is 0 Å². The molecular formula is C19H22N2O2S. The molecule has 0 aliphatic rings. The molecule has 2 aromatic carbocycles. The van der Waals surface area contributed by atoms with E-state index in [1.165, 1.54) is 4.90 Å². The predicted molar refractivity (Wildman–Crippen MR) is 99.0 cm³/mol. The van der Waals surface area contributed by atoms with Crippen LogP contribution in [0.3, 0.4) is 0 Å². The molecule has 0 aliphatic heterocycles. The second-order valence-corrected chi connectivity index (χ2v) is 6.56. The molecule has 2 N–H and O–H groups in total. The molecule has 1 atom stereocenters. The first-order valence-corrected chi connectivity index (χ1v) is 8.95. The van der Waals surface area contributed by atoms with Crippen molar-refractivity contribution in [2.75, 3.05) is 13.3 Å². The summed E-state index contributed by atoms with van der Waals surface area (Å²) in [5, 5.41) is 0. The van der Waals surface area contributed by atoms with E-state index in [2.05, 4.69) is 12.1 Å². The van der Waals surface area contributed by atoms with E-state index in [1.807, 2.05) is 49.6 Å². The molecule has 0 aromatic heterocycles. The van der Waals surface area contributed by atoms with Crippen molar-refractivity contribution in [2.45, 2.75) is 24.3 Å². The summed E-state index contributed by atoms with van der Waals surface area (Å²) in [4.78, 5) is 26.3. The Kier molecular flexibility index (Phi) is 6.04. The van der Waals surface area contributed by atoms with Crippen molar-refractivity contribution >= 4 is 23.6 Å². The Morgan fingerprint density at radius 2 is 1.75 bits per heavy atom. The fourth-order valence-corrected chi connectivity index (χ4v) is 3.13. The number of rotatable bonds is 6. The SMILES string of the molecule is CSc1ccccc1-c1ccc(C(=O)N(C)[C@@H](C)CC(N)=O)cc1. The minimum atomic E-state index is -0.411. The average Bonchev–Trinajstić information content (AvgIpc) is 2.60. The lowest BCUT2D eigenvalue weighted by Gasteiger charge is -2.24. The van der Waals surface area contributed by atoms with Crippen LogP contribution >= 0.6 is 11.8 Å². The van der Waals surface area contributed by atoms with Gasteiger partial charge in [0.1, 0.15) is 0 Å². The molecule has 2 rings (SSSR count). The molecule has 126 valence electrons. The van der Waals surface area contributed by atoms with Gasteiger partial charge in [0.15, 0.2) is 0 Å². The molecule has 2 aromatic rings. The Bertz CT molecular complexity index is 728. The number of carbonyl (C=O) groups is 2. The summed E-state index contributed by atoms with van der Waals surface area (Å²) in [6, 6.07) is 15.5. The van der Waals surface area contributed by atoms with Gasteiger partial charge in [-0.05, 0) is 42.5 Å². The summed E-state index contributed by atoms with van der Waals surface area (Å²) in [5.41, 5.74) is 8.02. The van der Waals surface area contributed by atoms with E-state index in [-0.39, 0.29) is 18.4 Å². The molecule has 0 bridgehead atoms. The maximum Gasteiger partial charge on any atom is 0.253 e. The minimum absolute atomic E-state index is 0.117. The van der Waals surface area contributed by atoms with Gasteiger partial charge >= 0.3 is 0 Å². The van der Waals surface area contributed by atoms with E-state index >= 15 is 0 Å². The van der Waals surface area contributed by atoms with Crippen LogP contribution in [-0.4, -0.2) is 36.1 Å². The molecule has 0 unspecified atom stereocenters. The third kappa shape index (κ3) is 4.17. The minimum Gasteiger partial charge on any atom is -0.370 e. The van der Waals surface area contributed by atoms with Crippen molar-refractivity contribution in [3.8, 4) is 11.1 Å². The smallest absolute Gasteiger partial charge is 0.253 e. The molecule has 0 fully saturated rings. The number of hydrogen-bond acceptors (Lipinski definition) is 3. The van der Waals surface area contributed by atoms with E-state index in [9.17, 15) is 9.59 Å². The van der Waals surface area contributed by atoms with E-state index in [4.69, 9.17) is 5.73 Å². The average molecular weight is 342 g/mol. The van der Waals surface area contributed by atoms with E-state index in [0.717, 1.165) is 11.1 Å². The fraction of sp³-hybridized carbons (Fsp3) is 0.263. The second-order valence-electron chi connectivity index (χ2n) is 5.71. The lowest BCUT2D eigenvalue weighted by atomic mass is 10.0. The largest absolute Gasteiger partial charge is 0.370 e. The number of hydrogen-bond donors (Lipinski definition) is 1. The van der Waals surface area contributed by atoms with Crippen LogP contribution in [0.4, 0.5) is 0 Å². The first-order chi connectivity index (χ1) is 11.4. The van der Waals surface area contributed by atoms with Crippen molar-refractivity contribution in [3.63, 3.8) is 0 Å². The van der Waals surface area contributed by atoms with Crippen LogP contribution in [0.1, 0.15) is 23.7 Å². The van der Waals surface area contributed by atoms with Gasteiger partial charge in [-0.1, -0.05) is 30.3 Å². The number of amides is 2. The molecule has 0 spiro atoms. The topological polar surface area (TPSA) is 63.4 Å². The Balaban J connectivity index is 2.20. The van der Waals surface area contributed by atoms with Crippen LogP contribution in [0.25, 0.3) is 11.1 Å². The third-order valence-electron chi connectivity index (χ3n) is 4.03. The Hall–Kier alpha value is -2.27. The quantitative estimate of drug-likeness (QED) is 0.818. The van der Waals surface area contributed by atoms with Crippen molar-refractivity contribution in [2.24, 2.45) is 5.73 Å². The highest BCUT2D eigenvalue weighted by molar-refractivity contribution is 7.98.